The van der Waals surface area contributed by atoms with E-state index in [1.165, 1.54) is 6.33 Å². The van der Waals surface area contributed by atoms with Gasteiger partial charge in [0.2, 0.25) is 0 Å². The van der Waals surface area contributed by atoms with Gasteiger partial charge in [0.15, 0.2) is 0 Å². The largest absolute Gasteiger partial charge is 0.495 e. The minimum absolute atomic E-state index is 0.126. The van der Waals surface area contributed by atoms with Crippen LogP contribution in [-0.4, -0.2) is 41.0 Å². The second-order valence-corrected chi connectivity index (χ2v) is 5.17. The van der Waals surface area contributed by atoms with E-state index in [9.17, 15) is 4.79 Å². The number of carbonyl (C=O) groups is 1. The molecule has 1 aromatic heterocycles. The third-order valence-electron chi connectivity index (χ3n) is 3.36. The fourth-order valence-electron chi connectivity index (χ4n) is 2.13. The van der Waals surface area contributed by atoms with Crippen LogP contribution < -0.4 is 10.1 Å². The summed E-state index contributed by atoms with van der Waals surface area (Å²) >= 11 is 6.01. The second-order valence-electron chi connectivity index (χ2n) is 4.74. The van der Waals surface area contributed by atoms with Crippen LogP contribution in [0.5, 0.6) is 5.75 Å². The molecular weight excluding hydrogens is 316 g/mol. The van der Waals surface area contributed by atoms with Crippen molar-refractivity contribution in [1.29, 1.82) is 0 Å². The Morgan fingerprint density at radius 3 is 2.65 bits per heavy atom. The smallest absolute Gasteiger partial charge is 0.272 e. The third kappa shape index (κ3) is 4.10. The molecule has 0 saturated heterocycles. The molecule has 2 rings (SSSR count). The van der Waals surface area contributed by atoms with Gasteiger partial charge in [0.05, 0.1) is 12.8 Å². The van der Waals surface area contributed by atoms with E-state index in [1.54, 1.807) is 36.3 Å². The van der Waals surface area contributed by atoms with Gasteiger partial charge >= 0.3 is 0 Å². The van der Waals surface area contributed by atoms with Gasteiger partial charge in [0.1, 0.15) is 23.6 Å². The maximum atomic E-state index is 12.4. The zero-order valence-electron chi connectivity index (χ0n) is 13.3. The lowest BCUT2D eigenvalue weighted by Gasteiger charge is -2.18. The maximum absolute atomic E-state index is 12.4. The first-order valence-electron chi connectivity index (χ1n) is 7.30. The summed E-state index contributed by atoms with van der Waals surface area (Å²) in [6.45, 7) is 5.12. The summed E-state index contributed by atoms with van der Waals surface area (Å²) < 4.78 is 5.28. The Morgan fingerprint density at radius 2 is 2.00 bits per heavy atom. The van der Waals surface area contributed by atoms with E-state index in [1.807, 2.05) is 13.8 Å². The molecule has 0 saturated carbocycles. The zero-order chi connectivity index (χ0) is 16.8. The molecule has 0 bridgehead atoms. The summed E-state index contributed by atoms with van der Waals surface area (Å²) in [6.07, 6.45) is 1.36. The van der Waals surface area contributed by atoms with Crippen LogP contribution in [0.4, 0.5) is 11.5 Å². The van der Waals surface area contributed by atoms with E-state index in [0.717, 1.165) is 0 Å². The summed E-state index contributed by atoms with van der Waals surface area (Å²) in [6, 6.07) is 6.84. The number of rotatable bonds is 6. The van der Waals surface area contributed by atoms with Gasteiger partial charge in [0, 0.05) is 24.2 Å². The topological polar surface area (TPSA) is 67.4 Å². The molecule has 0 unspecified atom stereocenters. The fourth-order valence-corrected chi connectivity index (χ4v) is 2.30. The number of ether oxygens (including phenoxy) is 1. The highest BCUT2D eigenvalue weighted by molar-refractivity contribution is 6.31. The van der Waals surface area contributed by atoms with E-state index in [2.05, 4.69) is 15.3 Å². The van der Waals surface area contributed by atoms with Gasteiger partial charge in [-0.3, -0.25) is 4.79 Å². The molecule has 0 fully saturated rings. The molecule has 7 heteroatoms. The van der Waals surface area contributed by atoms with E-state index >= 15 is 0 Å². The SMILES string of the molecule is CCN(CC)C(=O)c1cc(Nc2cc(Cl)ccc2OC)ncn1. The summed E-state index contributed by atoms with van der Waals surface area (Å²) in [5.74, 6) is 0.999. The van der Waals surface area contributed by atoms with Gasteiger partial charge in [-0.25, -0.2) is 9.97 Å². The Morgan fingerprint density at radius 1 is 1.26 bits per heavy atom. The van der Waals surface area contributed by atoms with Crippen molar-refractivity contribution in [3.05, 3.63) is 41.3 Å². The van der Waals surface area contributed by atoms with Gasteiger partial charge in [0.25, 0.3) is 5.91 Å². The van der Waals surface area contributed by atoms with Crippen molar-refractivity contribution in [3.8, 4) is 5.75 Å². The average Bonchev–Trinajstić information content (AvgIpc) is 2.56. The highest BCUT2D eigenvalue weighted by atomic mass is 35.5. The van der Waals surface area contributed by atoms with Crippen LogP contribution in [0.15, 0.2) is 30.6 Å². The summed E-state index contributed by atoms with van der Waals surface area (Å²) in [5.41, 5.74) is 1.01. The molecular formula is C16H19ClN4O2. The quantitative estimate of drug-likeness (QED) is 0.877. The van der Waals surface area contributed by atoms with Crippen molar-refractivity contribution in [2.24, 2.45) is 0 Å². The first-order chi connectivity index (χ1) is 11.1. The van der Waals surface area contributed by atoms with Crippen molar-refractivity contribution in [2.45, 2.75) is 13.8 Å². The van der Waals surface area contributed by atoms with E-state index < -0.39 is 0 Å². The summed E-state index contributed by atoms with van der Waals surface area (Å²) in [5, 5.41) is 3.67. The van der Waals surface area contributed by atoms with E-state index in [-0.39, 0.29) is 5.91 Å². The lowest BCUT2D eigenvalue weighted by atomic mass is 10.2. The average molecular weight is 335 g/mol. The monoisotopic (exact) mass is 334 g/mol. The molecule has 2 aromatic rings. The Kier molecular flexibility index (Phi) is 5.76. The van der Waals surface area contributed by atoms with Gasteiger partial charge in [-0.05, 0) is 32.0 Å². The number of benzene rings is 1. The molecule has 1 amide bonds. The first-order valence-corrected chi connectivity index (χ1v) is 7.68. The van der Waals surface area contributed by atoms with Gasteiger partial charge in [-0.2, -0.15) is 0 Å². The maximum Gasteiger partial charge on any atom is 0.272 e. The number of anilines is 2. The van der Waals surface area contributed by atoms with Gasteiger partial charge in [-0.15, -0.1) is 0 Å². The zero-order valence-corrected chi connectivity index (χ0v) is 14.1. The van der Waals surface area contributed by atoms with Gasteiger partial charge in [-0.1, -0.05) is 11.6 Å². The minimum Gasteiger partial charge on any atom is -0.495 e. The molecule has 1 N–H and O–H groups in total. The third-order valence-corrected chi connectivity index (χ3v) is 3.60. The van der Waals surface area contributed by atoms with E-state index in [0.29, 0.717) is 41.1 Å². The highest BCUT2D eigenvalue weighted by Crippen LogP contribution is 2.29. The minimum atomic E-state index is -0.126. The van der Waals surface area contributed by atoms with Crippen molar-refractivity contribution in [3.63, 3.8) is 0 Å². The molecule has 23 heavy (non-hydrogen) atoms. The van der Waals surface area contributed by atoms with Crippen molar-refractivity contribution in [2.75, 3.05) is 25.5 Å². The number of amides is 1. The number of nitrogens with zero attached hydrogens (tertiary/aromatic N) is 3. The molecule has 0 spiro atoms. The standard InChI is InChI=1S/C16H19ClN4O2/c1-4-21(5-2)16(22)13-9-15(19-10-18-13)20-12-8-11(17)6-7-14(12)23-3/h6-10H,4-5H2,1-3H3,(H,18,19,20). The summed E-state index contributed by atoms with van der Waals surface area (Å²) in [7, 11) is 1.57. The Hall–Kier alpha value is -2.34. The normalized spacial score (nSPS) is 10.3. The van der Waals surface area contributed by atoms with Crippen LogP contribution in [0.3, 0.4) is 0 Å². The van der Waals surface area contributed by atoms with Crippen LogP contribution in [0.25, 0.3) is 0 Å². The molecule has 0 radical (unpaired) electrons. The number of halogens is 1. The fraction of sp³-hybridized carbons (Fsp3) is 0.312. The molecule has 0 aliphatic heterocycles. The summed E-state index contributed by atoms with van der Waals surface area (Å²) in [4.78, 5) is 22.3. The molecule has 0 aliphatic rings. The van der Waals surface area contributed by atoms with Gasteiger partial charge < -0.3 is 15.0 Å². The molecule has 0 aliphatic carbocycles. The van der Waals surface area contributed by atoms with Crippen LogP contribution in [0.2, 0.25) is 5.02 Å². The molecule has 1 heterocycles. The number of carbonyl (C=O) groups excluding carboxylic acids is 1. The molecule has 6 nitrogen and oxygen atoms in total. The number of hydrogen-bond acceptors (Lipinski definition) is 5. The molecule has 0 atom stereocenters. The van der Waals surface area contributed by atoms with Crippen molar-refractivity contribution >= 4 is 29.0 Å². The molecule has 1 aromatic carbocycles. The number of nitrogens with one attached hydrogen (secondary N) is 1. The Balaban J connectivity index is 2.27. The Bertz CT molecular complexity index is 690. The van der Waals surface area contributed by atoms with Crippen LogP contribution in [0.1, 0.15) is 24.3 Å². The predicted octanol–water partition coefficient (Wildman–Crippen LogP) is 3.36. The van der Waals surface area contributed by atoms with Crippen LogP contribution in [0, 0.1) is 0 Å². The van der Waals surface area contributed by atoms with E-state index in [4.69, 9.17) is 16.3 Å². The van der Waals surface area contributed by atoms with Crippen LogP contribution >= 0.6 is 11.6 Å². The highest BCUT2D eigenvalue weighted by Gasteiger charge is 2.15. The van der Waals surface area contributed by atoms with Crippen molar-refractivity contribution in [1.82, 2.24) is 14.9 Å². The molecule has 122 valence electrons. The van der Waals surface area contributed by atoms with Crippen LogP contribution in [-0.2, 0) is 0 Å². The van der Waals surface area contributed by atoms with Crippen molar-refractivity contribution < 1.29 is 9.53 Å². The number of aromatic nitrogens is 2. The Labute approximate surface area is 140 Å². The lowest BCUT2D eigenvalue weighted by Crippen LogP contribution is -2.31. The number of hydrogen-bond donors (Lipinski definition) is 1. The number of methoxy groups -OCH3 is 1. The second kappa shape index (κ2) is 7.78. The lowest BCUT2D eigenvalue weighted by molar-refractivity contribution is 0.0767. The predicted molar refractivity (Wildman–Crippen MR) is 90.6 cm³/mol. The first kappa shape index (κ1) is 17.0.